The summed E-state index contributed by atoms with van der Waals surface area (Å²) < 4.78 is 0. The third-order valence-electron chi connectivity index (χ3n) is 4.15. The van der Waals surface area contributed by atoms with E-state index in [2.05, 4.69) is 10.4 Å². The minimum Gasteiger partial charge on any atom is -0.480 e. The van der Waals surface area contributed by atoms with Crippen molar-refractivity contribution >= 4 is 29.2 Å². The molecule has 8 heteroatoms. The molecule has 1 aromatic carbocycles. The minimum absolute atomic E-state index is 0.0204. The van der Waals surface area contributed by atoms with Crippen LogP contribution < -0.4 is 10.3 Å². The van der Waals surface area contributed by atoms with Crippen LogP contribution in [0, 0.1) is 0 Å². The van der Waals surface area contributed by atoms with Gasteiger partial charge in [0.05, 0.1) is 11.7 Å². The zero-order valence-corrected chi connectivity index (χ0v) is 13.2. The van der Waals surface area contributed by atoms with Crippen LogP contribution >= 0.6 is 0 Å². The molecule has 1 saturated heterocycles. The van der Waals surface area contributed by atoms with Crippen LogP contribution in [0.1, 0.15) is 12.8 Å². The van der Waals surface area contributed by atoms with E-state index in [0.717, 1.165) is 0 Å². The van der Waals surface area contributed by atoms with Gasteiger partial charge in [-0.1, -0.05) is 18.2 Å². The first-order chi connectivity index (χ1) is 11.5. The predicted molar refractivity (Wildman–Crippen MR) is 86.6 cm³/mol. The number of rotatable bonds is 4. The Kier molecular flexibility index (Phi) is 4.20. The molecule has 0 radical (unpaired) electrons. The first-order valence-electron chi connectivity index (χ1n) is 7.65. The Morgan fingerprint density at radius 2 is 1.96 bits per heavy atom. The van der Waals surface area contributed by atoms with Gasteiger partial charge in [-0.05, 0) is 12.1 Å². The summed E-state index contributed by atoms with van der Waals surface area (Å²) in [6, 6.07) is 7.67. The lowest BCUT2D eigenvalue weighted by Crippen LogP contribution is -2.40. The second kappa shape index (κ2) is 6.31. The fourth-order valence-electron chi connectivity index (χ4n) is 2.89. The number of hydrogen-bond acceptors (Lipinski definition) is 5. The number of hydrogen-bond donors (Lipinski definition) is 2. The van der Waals surface area contributed by atoms with Crippen LogP contribution in [0.15, 0.2) is 35.4 Å². The van der Waals surface area contributed by atoms with Crippen molar-refractivity contribution in [1.29, 1.82) is 0 Å². The van der Waals surface area contributed by atoms with Crippen molar-refractivity contribution in [2.45, 2.75) is 24.9 Å². The molecule has 0 bridgehead atoms. The molecule has 8 nitrogen and oxygen atoms in total. The Morgan fingerprint density at radius 3 is 2.54 bits per heavy atom. The summed E-state index contributed by atoms with van der Waals surface area (Å²) in [6.07, 6.45) is 0.271. The van der Waals surface area contributed by atoms with Crippen molar-refractivity contribution in [3.8, 4) is 0 Å². The number of aliphatic carboxylic acids is 1. The average molecular weight is 330 g/mol. The van der Waals surface area contributed by atoms with E-state index in [0.29, 0.717) is 12.2 Å². The highest BCUT2D eigenvalue weighted by Gasteiger charge is 2.37. The Hall–Kier alpha value is -2.90. The van der Waals surface area contributed by atoms with Crippen molar-refractivity contribution < 1.29 is 19.5 Å². The molecule has 1 aromatic rings. The molecule has 2 aliphatic rings. The molecule has 2 aliphatic heterocycles. The first-order valence-corrected chi connectivity index (χ1v) is 7.65. The molecule has 1 fully saturated rings. The molecule has 0 aromatic heterocycles. The van der Waals surface area contributed by atoms with Gasteiger partial charge in [0.1, 0.15) is 5.71 Å². The number of carboxylic acid groups (broad SMARTS) is 1. The molecule has 3 rings (SSSR count). The number of carbonyl (C=O) groups excluding carboxylic acids is 2. The van der Waals surface area contributed by atoms with Gasteiger partial charge >= 0.3 is 5.97 Å². The Bertz CT molecular complexity index is 703. The summed E-state index contributed by atoms with van der Waals surface area (Å²) in [5, 5.41) is 17.7. The maximum absolute atomic E-state index is 12.4. The van der Waals surface area contributed by atoms with Gasteiger partial charge in [0.15, 0.2) is 6.04 Å². The lowest BCUT2D eigenvalue weighted by molar-refractivity contribution is -0.138. The van der Waals surface area contributed by atoms with E-state index >= 15 is 0 Å². The third-order valence-corrected chi connectivity index (χ3v) is 4.15. The molecule has 2 unspecified atom stereocenters. The van der Waals surface area contributed by atoms with Crippen molar-refractivity contribution in [2.24, 2.45) is 5.10 Å². The van der Waals surface area contributed by atoms with Gasteiger partial charge in [-0.3, -0.25) is 14.6 Å². The van der Waals surface area contributed by atoms with E-state index in [-0.39, 0.29) is 30.5 Å². The van der Waals surface area contributed by atoms with Gasteiger partial charge in [-0.2, -0.15) is 5.10 Å². The molecule has 0 spiro atoms. The molecule has 0 aliphatic carbocycles. The predicted octanol–water partition coefficient (Wildman–Crippen LogP) is 0.0528. The fourth-order valence-corrected chi connectivity index (χ4v) is 2.89. The van der Waals surface area contributed by atoms with Gasteiger partial charge in [-0.25, -0.2) is 4.79 Å². The first kappa shape index (κ1) is 16.0. The molecule has 2 amide bonds. The maximum Gasteiger partial charge on any atom is 0.328 e. The number of hydrazone groups is 1. The van der Waals surface area contributed by atoms with Crippen molar-refractivity contribution in [3.05, 3.63) is 30.3 Å². The summed E-state index contributed by atoms with van der Waals surface area (Å²) in [4.78, 5) is 36.9. The standard InChI is InChI=1S/C16H18N4O4/c1-19-9-10(7-14(19)21)17-15(22)12-8-13(16(23)24)20(18-12)11-5-3-2-4-6-11/h2-6,10,13H,7-9H2,1H3,(H,17,22)(H,23,24). The zero-order valence-electron chi connectivity index (χ0n) is 13.2. The van der Waals surface area contributed by atoms with Crippen LogP contribution in [0.4, 0.5) is 5.69 Å². The SMILES string of the molecule is CN1CC(NC(=O)C2=NN(c3ccccc3)C(C(=O)O)C2)CC1=O. The van der Waals surface area contributed by atoms with E-state index in [1.807, 2.05) is 6.07 Å². The second-order valence-electron chi connectivity index (χ2n) is 5.93. The normalized spacial score (nSPS) is 23.4. The topological polar surface area (TPSA) is 102 Å². The number of nitrogens with zero attached hydrogens (tertiary/aromatic N) is 3. The molecule has 2 heterocycles. The van der Waals surface area contributed by atoms with Crippen LogP contribution in [0.25, 0.3) is 0 Å². The molecule has 126 valence electrons. The zero-order chi connectivity index (χ0) is 17.3. The number of nitrogens with one attached hydrogen (secondary N) is 1. The lowest BCUT2D eigenvalue weighted by atomic mass is 10.1. The summed E-state index contributed by atoms with van der Waals surface area (Å²) in [6.45, 7) is 0.447. The quantitative estimate of drug-likeness (QED) is 0.812. The number of amides is 2. The van der Waals surface area contributed by atoms with Gasteiger partial charge in [0, 0.05) is 26.4 Å². The summed E-state index contributed by atoms with van der Waals surface area (Å²) in [5.74, 6) is -1.49. The highest BCUT2D eigenvalue weighted by molar-refractivity contribution is 6.40. The van der Waals surface area contributed by atoms with Crippen LogP contribution in [0.2, 0.25) is 0 Å². The van der Waals surface area contributed by atoms with Crippen molar-refractivity contribution in [2.75, 3.05) is 18.6 Å². The van der Waals surface area contributed by atoms with Gasteiger partial charge < -0.3 is 15.3 Å². The van der Waals surface area contributed by atoms with E-state index in [1.54, 1.807) is 36.2 Å². The monoisotopic (exact) mass is 330 g/mol. The highest BCUT2D eigenvalue weighted by Crippen LogP contribution is 2.24. The lowest BCUT2D eigenvalue weighted by Gasteiger charge is -2.19. The van der Waals surface area contributed by atoms with Gasteiger partial charge in [0.25, 0.3) is 5.91 Å². The molecular formula is C16H18N4O4. The number of carboxylic acids is 1. The summed E-state index contributed by atoms with van der Waals surface area (Å²) in [5.41, 5.74) is 0.775. The number of benzene rings is 1. The van der Waals surface area contributed by atoms with Crippen LogP contribution in [-0.2, 0) is 14.4 Å². The van der Waals surface area contributed by atoms with Gasteiger partial charge in [-0.15, -0.1) is 0 Å². The average Bonchev–Trinajstić information content (AvgIpc) is 3.13. The van der Waals surface area contributed by atoms with Crippen LogP contribution in [0.5, 0.6) is 0 Å². The van der Waals surface area contributed by atoms with E-state index in [4.69, 9.17) is 0 Å². The van der Waals surface area contributed by atoms with Crippen molar-refractivity contribution in [1.82, 2.24) is 10.2 Å². The number of likely N-dealkylation sites (N-methyl/N-ethyl adjacent to an activating group) is 1. The number of anilines is 1. The Labute approximate surface area is 138 Å². The maximum atomic E-state index is 12.4. The highest BCUT2D eigenvalue weighted by atomic mass is 16.4. The van der Waals surface area contributed by atoms with E-state index < -0.39 is 17.9 Å². The molecule has 0 saturated carbocycles. The van der Waals surface area contributed by atoms with Crippen LogP contribution in [0.3, 0.4) is 0 Å². The number of carbonyl (C=O) groups is 3. The van der Waals surface area contributed by atoms with E-state index in [9.17, 15) is 19.5 Å². The number of likely N-dealkylation sites (tertiary alicyclic amines) is 1. The van der Waals surface area contributed by atoms with Gasteiger partial charge in [0.2, 0.25) is 5.91 Å². The summed E-state index contributed by atoms with van der Waals surface area (Å²) >= 11 is 0. The van der Waals surface area contributed by atoms with Crippen molar-refractivity contribution in [3.63, 3.8) is 0 Å². The molecule has 24 heavy (non-hydrogen) atoms. The largest absolute Gasteiger partial charge is 0.480 e. The Balaban J connectivity index is 1.74. The molecular weight excluding hydrogens is 312 g/mol. The third kappa shape index (κ3) is 3.08. The smallest absolute Gasteiger partial charge is 0.328 e. The van der Waals surface area contributed by atoms with E-state index in [1.165, 1.54) is 5.01 Å². The Morgan fingerprint density at radius 1 is 1.25 bits per heavy atom. The minimum atomic E-state index is -1.04. The molecule has 2 N–H and O–H groups in total. The second-order valence-corrected chi connectivity index (χ2v) is 5.93. The fraction of sp³-hybridized carbons (Fsp3) is 0.375. The number of para-hydroxylation sites is 1. The summed E-state index contributed by atoms with van der Waals surface area (Å²) in [7, 11) is 1.68. The molecule has 2 atom stereocenters. The van der Waals surface area contributed by atoms with Crippen LogP contribution in [-0.4, -0.2) is 59.2 Å².